The minimum Gasteiger partial charge on any atom is -0.457 e. The van der Waals surface area contributed by atoms with Crippen LogP contribution >= 0.6 is 7.82 Å². The molecule has 0 bridgehead atoms. The average molecular weight is 791 g/mol. The molecular weight excluding hydrogens is 697 g/mol. The molecule has 54 heavy (non-hydrogen) atoms. The first-order valence-electron chi connectivity index (χ1n) is 23.3. The van der Waals surface area contributed by atoms with Crippen molar-refractivity contribution in [3.05, 3.63) is 0 Å². The molecule has 0 spiro atoms. The summed E-state index contributed by atoms with van der Waals surface area (Å²) in [7, 11) is 1.69. The molecule has 9 heteroatoms. The van der Waals surface area contributed by atoms with Crippen molar-refractivity contribution in [1.29, 1.82) is 0 Å². The van der Waals surface area contributed by atoms with Crippen LogP contribution in [0.5, 0.6) is 0 Å². The van der Waals surface area contributed by atoms with E-state index in [-0.39, 0.29) is 25.8 Å². The van der Waals surface area contributed by atoms with Gasteiger partial charge in [-0.3, -0.25) is 13.8 Å². The summed E-state index contributed by atoms with van der Waals surface area (Å²) in [5, 5.41) is 0. The van der Waals surface area contributed by atoms with Crippen LogP contribution < -0.4 is 0 Å². The Kier molecular flexibility index (Phi) is 39.0. The highest BCUT2D eigenvalue weighted by molar-refractivity contribution is 7.47. The first kappa shape index (κ1) is 53.5. The largest absolute Gasteiger partial charge is 0.472 e. The van der Waals surface area contributed by atoms with Gasteiger partial charge in [0.2, 0.25) is 0 Å². The van der Waals surface area contributed by atoms with Crippen LogP contribution in [-0.4, -0.2) is 75.6 Å². The molecule has 0 rings (SSSR count). The van der Waals surface area contributed by atoms with Gasteiger partial charge in [-0.2, -0.15) is 0 Å². The maximum absolute atomic E-state index is 12.7. The topological polar surface area (TPSA) is 91.3 Å². The molecule has 0 aromatic heterocycles. The third kappa shape index (κ3) is 42.6. The van der Waals surface area contributed by atoms with Crippen molar-refractivity contribution in [3.8, 4) is 0 Å². The lowest BCUT2D eigenvalue weighted by atomic mass is 10.0. The van der Waals surface area contributed by atoms with Gasteiger partial charge < -0.3 is 18.9 Å². The fraction of sp³-hybridized carbons (Fsp3) is 0.978. The van der Waals surface area contributed by atoms with Gasteiger partial charge in [0.1, 0.15) is 19.3 Å². The average Bonchev–Trinajstić information content (AvgIpc) is 3.12. The number of esters is 1. The van der Waals surface area contributed by atoms with E-state index in [2.05, 4.69) is 13.8 Å². The molecule has 0 aliphatic carbocycles. The number of carbonyl (C=O) groups excluding carboxylic acids is 1. The molecule has 0 heterocycles. The Labute approximate surface area is 336 Å². The summed E-state index contributed by atoms with van der Waals surface area (Å²) in [5.74, 6) is -0.307. The number of phosphoric ester groups is 1. The summed E-state index contributed by atoms with van der Waals surface area (Å²) >= 11 is 0. The van der Waals surface area contributed by atoms with Gasteiger partial charge in [0, 0.05) is 13.0 Å². The molecule has 1 unspecified atom stereocenters. The second-order valence-corrected chi connectivity index (χ2v) is 18.6. The second kappa shape index (κ2) is 39.3. The van der Waals surface area contributed by atoms with Crippen LogP contribution in [0.15, 0.2) is 0 Å². The number of unbranched alkanes of at least 4 members (excludes halogenated alkanes) is 30. The van der Waals surface area contributed by atoms with Crippen LogP contribution in [0.1, 0.15) is 226 Å². The number of carbonyl (C=O) groups is 1. The quantitative estimate of drug-likeness (QED) is 0.0284. The number of rotatable bonds is 44. The van der Waals surface area contributed by atoms with Gasteiger partial charge in [-0.25, -0.2) is 4.57 Å². The number of ether oxygens (including phenoxy) is 2. The van der Waals surface area contributed by atoms with Gasteiger partial charge in [-0.15, -0.1) is 0 Å². The standard InChI is InChI=1S/C45H92NO7P/c1-6-8-10-12-14-16-18-20-22-23-24-25-26-28-30-32-34-36-38-45(47)53-44(43-52-54(48,49)51-41-39-46(3,4)5)42-50-40-37-35-33-31-29-27-21-19-17-15-13-11-9-7-2/h44H,6-43H2,1-5H3/p+1/t44-/m1/s1. The van der Waals surface area contributed by atoms with E-state index in [4.69, 9.17) is 18.5 Å². The first-order chi connectivity index (χ1) is 26.1. The molecule has 0 aliphatic rings. The van der Waals surface area contributed by atoms with Gasteiger partial charge >= 0.3 is 13.8 Å². The summed E-state index contributed by atoms with van der Waals surface area (Å²) < 4.78 is 35.1. The molecule has 1 N–H and O–H groups in total. The van der Waals surface area contributed by atoms with Crippen molar-refractivity contribution in [1.82, 2.24) is 0 Å². The van der Waals surface area contributed by atoms with Crippen molar-refractivity contribution < 1.29 is 37.3 Å². The number of quaternary nitrogens is 1. The van der Waals surface area contributed by atoms with Crippen LogP contribution in [0.4, 0.5) is 0 Å². The number of phosphoric acid groups is 1. The SMILES string of the molecule is CCCCCCCCCCCCCCCCCCCCC(=O)O[C@H](COCCCCCCCCCCCCCCCC)COP(=O)(O)OCC[N+](C)(C)C. The molecule has 8 nitrogen and oxygen atoms in total. The molecule has 0 fully saturated rings. The fourth-order valence-electron chi connectivity index (χ4n) is 6.79. The van der Waals surface area contributed by atoms with Crippen molar-refractivity contribution in [2.24, 2.45) is 0 Å². The Bertz CT molecular complexity index is 837. The van der Waals surface area contributed by atoms with Crippen LogP contribution in [0.3, 0.4) is 0 Å². The van der Waals surface area contributed by atoms with Gasteiger partial charge in [-0.1, -0.05) is 206 Å². The van der Waals surface area contributed by atoms with Gasteiger partial charge in [0.25, 0.3) is 0 Å². The highest BCUT2D eigenvalue weighted by atomic mass is 31.2. The number of likely N-dealkylation sites (N-methyl/N-ethyl adjacent to an activating group) is 1. The molecule has 0 aromatic rings. The zero-order chi connectivity index (χ0) is 39.9. The highest BCUT2D eigenvalue weighted by Crippen LogP contribution is 2.43. The summed E-state index contributed by atoms with van der Waals surface area (Å²) in [6.45, 7) is 5.69. The van der Waals surface area contributed by atoms with E-state index in [1.54, 1.807) is 0 Å². The van der Waals surface area contributed by atoms with Crippen LogP contribution in [0.25, 0.3) is 0 Å². The molecule has 2 atom stereocenters. The van der Waals surface area contributed by atoms with E-state index in [1.165, 1.54) is 173 Å². The predicted molar refractivity (Wildman–Crippen MR) is 229 cm³/mol. The maximum Gasteiger partial charge on any atom is 0.472 e. The van der Waals surface area contributed by atoms with E-state index >= 15 is 0 Å². The van der Waals surface area contributed by atoms with Crippen molar-refractivity contribution in [2.45, 2.75) is 232 Å². The van der Waals surface area contributed by atoms with E-state index in [0.29, 0.717) is 24.1 Å². The molecule has 0 aliphatic heterocycles. The Morgan fingerprint density at radius 1 is 0.500 bits per heavy atom. The minimum absolute atomic E-state index is 0.0940. The smallest absolute Gasteiger partial charge is 0.457 e. The monoisotopic (exact) mass is 791 g/mol. The Morgan fingerprint density at radius 2 is 0.852 bits per heavy atom. The lowest BCUT2D eigenvalue weighted by molar-refractivity contribution is -0.870. The molecule has 0 radical (unpaired) electrons. The van der Waals surface area contributed by atoms with E-state index < -0.39 is 13.9 Å². The number of nitrogens with zero attached hydrogens (tertiary/aromatic N) is 1. The Morgan fingerprint density at radius 3 is 1.22 bits per heavy atom. The summed E-state index contributed by atoms with van der Waals surface area (Å²) in [4.78, 5) is 22.9. The third-order valence-corrected chi connectivity index (χ3v) is 11.4. The lowest BCUT2D eigenvalue weighted by Gasteiger charge is -2.24. The summed E-state index contributed by atoms with van der Waals surface area (Å²) in [6.07, 6.45) is 41.3. The summed E-state index contributed by atoms with van der Waals surface area (Å²) in [5.41, 5.74) is 0. The normalized spacial score (nSPS) is 13.7. The highest BCUT2D eigenvalue weighted by Gasteiger charge is 2.26. The van der Waals surface area contributed by atoms with E-state index in [1.807, 2.05) is 21.1 Å². The molecule has 0 saturated carbocycles. The van der Waals surface area contributed by atoms with E-state index in [0.717, 1.165) is 32.1 Å². The molecule has 0 aromatic carbocycles. The van der Waals surface area contributed by atoms with Crippen molar-refractivity contribution in [3.63, 3.8) is 0 Å². The van der Waals surface area contributed by atoms with Crippen LogP contribution in [0.2, 0.25) is 0 Å². The van der Waals surface area contributed by atoms with E-state index in [9.17, 15) is 14.3 Å². The third-order valence-electron chi connectivity index (χ3n) is 10.4. The maximum atomic E-state index is 12.7. The predicted octanol–water partition coefficient (Wildman–Crippen LogP) is 13.7. The first-order valence-corrected chi connectivity index (χ1v) is 24.8. The zero-order valence-corrected chi connectivity index (χ0v) is 37.6. The van der Waals surface area contributed by atoms with Gasteiger partial charge in [0.05, 0.1) is 34.4 Å². The Balaban J connectivity index is 4.14. The minimum atomic E-state index is -4.27. The van der Waals surface area contributed by atoms with Crippen LogP contribution in [0, 0.1) is 0 Å². The zero-order valence-electron chi connectivity index (χ0n) is 36.7. The molecule has 0 amide bonds. The van der Waals surface area contributed by atoms with Crippen molar-refractivity contribution >= 4 is 13.8 Å². The lowest BCUT2D eigenvalue weighted by Crippen LogP contribution is -2.37. The molecular formula is C45H93NO7P+. The number of hydrogen-bond donors (Lipinski definition) is 1. The molecule has 0 saturated heterocycles. The summed E-state index contributed by atoms with van der Waals surface area (Å²) in [6, 6.07) is 0. The fourth-order valence-corrected chi connectivity index (χ4v) is 7.53. The second-order valence-electron chi connectivity index (χ2n) is 17.2. The van der Waals surface area contributed by atoms with Crippen molar-refractivity contribution in [2.75, 3.05) is 54.1 Å². The van der Waals surface area contributed by atoms with Gasteiger partial charge in [0.15, 0.2) is 0 Å². The Hall–Kier alpha value is -0.500. The number of hydrogen-bond acceptors (Lipinski definition) is 6. The van der Waals surface area contributed by atoms with Crippen LogP contribution in [-0.2, 0) is 27.9 Å². The molecule has 324 valence electrons. The van der Waals surface area contributed by atoms with Gasteiger partial charge in [-0.05, 0) is 12.8 Å².